The SMILES string of the molecule is ClCCCBr.[N-]=[N+]=NCCCCl.[N-]=[N+]=NCCCI. The molecule has 0 N–H and O–H groups in total. The molecule has 10 heteroatoms. The van der Waals surface area contributed by atoms with E-state index in [-0.39, 0.29) is 0 Å². The van der Waals surface area contributed by atoms with E-state index in [2.05, 4.69) is 58.6 Å². The van der Waals surface area contributed by atoms with E-state index in [1.54, 1.807) is 0 Å². The van der Waals surface area contributed by atoms with E-state index in [4.69, 9.17) is 34.3 Å². The molecule has 0 aliphatic rings. The average Bonchev–Trinajstić information content (AvgIpc) is 2.42. The summed E-state index contributed by atoms with van der Waals surface area (Å²) in [6.45, 7) is 1.15. The maximum Gasteiger partial charge on any atom is 0.0269 e. The first-order valence-electron chi connectivity index (χ1n) is 5.50. The Bertz CT molecular complexity index is 223. The normalized spacial score (nSPS) is 7.79. The van der Waals surface area contributed by atoms with Crippen LogP contribution in [0.15, 0.2) is 10.2 Å². The molecule has 112 valence electrons. The first-order valence-corrected chi connectivity index (χ1v) is 9.22. The van der Waals surface area contributed by atoms with Gasteiger partial charge in [-0.3, -0.25) is 0 Å². The lowest BCUT2D eigenvalue weighted by molar-refractivity contribution is 0.928. The third-order valence-corrected chi connectivity index (χ3v) is 3.04. The zero-order valence-electron chi connectivity index (χ0n) is 10.6. The van der Waals surface area contributed by atoms with Gasteiger partial charge in [-0.05, 0) is 34.8 Å². The van der Waals surface area contributed by atoms with Gasteiger partial charge in [0, 0.05) is 40.0 Å². The first-order chi connectivity index (χ1) is 9.24. The molecule has 0 aliphatic carbocycles. The summed E-state index contributed by atoms with van der Waals surface area (Å²) in [5.41, 5.74) is 15.5. The summed E-state index contributed by atoms with van der Waals surface area (Å²) in [5, 5.41) is 7.62. The Morgan fingerprint density at radius 2 is 1.42 bits per heavy atom. The minimum Gasteiger partial charge on any atom is -0.127 e. The number of hydrogen-bond donors (Lipinski definition) is 0. The van der Waals surface area contributed by atoms with Crippen molar-refractivity contribution in [3.8, 4) is 0 Å². The maximum absolute atomic E-state index is 7.75. The second kappa shape index (κ2) is 31.0. The van der Waals surface area contributed by atoms with Crippen molar-refractivity contribution in [3.05, 3.63) is 20.9 Å². The second-order valence-electron chi connectivity index (χ2n) is 2.73. The number of rotatable bonds is 8. The number of azide groups is 2. The van der Waals surface area contributed by atoms with E-state index in [0.29, 0.717) is 19.0 Å². The molecule has 0 amide bonds. The smallest absolute Gasteiger partial charge is 0.0269 e. The molecule has 0 aliphatic heterocycles. The van der Waals surface area contributed by atoms with Gasteiger partial charge in [-0.2, -0.15) is 0 Å². The van der Waals surface area contributed by atoms with Crippen LogP contribution in [0.5, 0.6) is 0 Å². The fraction of sp³-hybridized carbons (Fsp3) is 1.00. The van der Waals surface area contributed by atoms with Gasteiger partial charge in [0.05, 0.1) is 0 Å². The van der Waals surface area contributed by atoms with Crippen molar-refractivity contribution in [1.29, 1.82) is 0 Å². The standard InChI is InChI=1S/C3H6BrCl.C3H6ClN3.C3H6IN3/c4-2-1-3-5;2*4-2-1-3-6-7-5/h1-3H2;2*1-3H2. The van der Waals surface area contributed by atoms with Crippen molar-refractivity contribution in [2.24, 2.45) is 10.2 Å². The number of alkyl halides is 4. The van der Waals surface area contributed by atoms with Crippen molar-refractivity contribution in [2.75, 3.05) is 34.6 Å². The van der Waals surface area contributed by atoms with Crippen molar-refractivity contribution in [3.63, 3.8) is 0 Å². The molecular weight excluding hydrogens is 470 g/mol. The summed E-state index contributed by atoms with van der Waals surface area (Å²) in [5.74, 6) is 1.34. The van der Waals surface area contributed by atoms with Gasteiger partial charge in [-0.1, -0.05) is 48.7 Å². The highest BCUT2D eigenvalue weighted by molar-refractivity contribution is 14.1. The largest absolute Gasteiger partial charge is 0.127 e. The second-order valence-corrected chi connectivity index (χ2v) is 5.35. The zero-order valence-corrected chi connectivity index (χ0v) is 15.8. The molecule has 0 rings (SSSR count). The molecule has 0 heterocycles. The quantitative estimate of drug-likeness (QED) is 0.0993. The Labute approximate surface area is 146 Å². The van der Waals surface area contributed by atoms with Crippen LogP contribution >= 0.6 is 61.7 Å². The lowest BCUT2D eigenvalue weighted by Crippen LogP contribution is -1.76. The summed E-state index contributed by atoms with van der Waals surface area (Å²) in [4.78, 5) is 5.13. The van der Waals surface area contributed by atoms with E-state index in [1.807, 2.05) is 0 Å². The fourth-order valence-corrected chi connectivity index (χ4v) is 1.60. The summed E-state index contributed by atoms with van der Waals surface area (Å²) in [7, 11) is 0. The van der Waals surface area contributed by atoms with Crippen LogP contribution in [0, 0.1) is 0 Å². The predicted molar refractivity (Wildman–Crippen MR) is 96.0 cm³/mol. The van der Waals surface area contributed by atoms with E-state index in [9.17, 15) is 0 Å². The van der Waals surface area contributed by atoms with Gasteiger partial charge < -0.3 is 0 Å². The van der Waals surface area contributed by atoms with Crippen LogP contribution in [0.25, 0.3) is 20.9 Å². The van der Waals surface area contributed by atoms with Crippen molar-refractivity contribution in [1.82, 2.24) is 0 Å². The van der Waals surface area contributed by atoms with Crippen LogP contribution in [0.1, 0.15) is 19.3 Å². The Kier molecular flexibility index (Phi) is 39.9. The monoisotopic (exact) mass is 486 g/mol. The first kappa shape index (κ1) is 24.4. The van der Waals surface area contributed by atoms with Crippen LogP contribution in [0.4, 0.5) is 0 Å². The molecule has 0 aromatic carbocycles. The molecule has 0 saturated carbocycles. The van der Waals surface area contributed by atoms with Crippen molar-refractivity contribution in [2.45, 2.75) is 19.3 Å². The Morgan fingerprint density at radius 3 is 1.68 bits per heavy atom. The summed E-state index contributed by atoms with van der Waals surface area (Å²) in [6, 6.07) is 0. The zero-order chi connectivity index (χ0) is 15.2. The highest BCUT2D eigenvalue weighted by atomic mass is 127. The third-order valence-electron chi connectivity index (χ3n) is 1.18. The molecule has 0 saturated heterocycles. The van der Waals surface area contributed by atoms with Crippen molar-refractivity contribution < 1.29 is 0 Å². The summed E-state index contributed by atoms with van der Waals surface area (Å²) in [6.07, 6.45) is 2.83. The van der Waals surface area contributed by atoms with Gasteiger partial charge >= 0.3 is 0 Å². The minimum atomic E-state index is 0.514. The maximum atomic E-state index is 7.75. The molecule has 0 aromatic rings. The van der Waals surface area contributed by atoms with E-state index < -0.39 is 0 Å². The van der Waals surface area contributed by atoms with E-state index >= 15 is 0 Å². The molecule has 0 unspecified atom stereocenters. The summed E-state index contributed by atoms with van der Waals surface area (Å²) >= 11 is 16.0. The van der Waals surface area contributed by atoms with Crippen LogP contribution in [0.2, 0.25) is 0 Å². The highest BCUT2D eigenvalue weighted by Crippen LogP contribution is 1.88. The molecular formula is C9H18BrCl2IN6. The van der Waals surface area contributed by atoms with Crippen LogP contribution in [-0.2, 0) is 0 Å². The third kappa shape index (κ3) is 45.7. The van der Waals surface area contributed by atoms with Gasteiger partial charge in [-0.15, -0.1) is 23.2 Å². The van der Waals surface area contributed by atoms with Crippen LogP contribution in [-0.4, -0.2) is 34.6 Å². The van der Waals surface area contributed by atoms with Gasteiger partial charge in [0.1, 0.15) is 0 Å². The molecule has 6 nitrogen and oxygen atoms in total. The molecule has 0 bridgehead atoms. The molecule has 0 atom stereocenters. The molecule has 0 aromatic heterocycles. The Hall–Kier alpha value is 0.410. The topological polar surface area (TPSA) is 97.5 Å². The Morgan fingerprint density at radius 1 is 0.947 bits per heavy atom. The lowest BCUT2D eigenvalue weighted by Gasteiger charge is -1.79. The molecule has 19 heavy (non-hydrogen) atoms. The fourth-order valence-electron chi connectivity index (χ4n) is 0.401. The van der Waals surface area contributed by atoms with E-state index in [0.717, 1.165) is 34.9 Å². The van der Waals surface area contributed by atoms with Crippen LogP contribution < -0.4 is 0 Å². The highest BCUT2D eigenvalue weighted by Gasteiger charge is 1.76. The molecule has 0 fully saturated rings. The molecule has 0 spiro atoms. The van der Waals surface area contributed by atoms with Crippen molar-refractivity contribution >= 4 is 61.7 Å². The average molecular weight is 488 g/mol. The number of nitrogens with zero attached hydrogens (tertiary/aromatic N) is 6. The minimum absolute atomic E-state index is 0.514. The molecule has 0 radical (unpaired) electrons. The van der Waals surface area contributed by atoms with Gasteiger partial charge in [0.2, 0.25) is 0 Å². The number of halogens is 4. The lowest BCUT2D eigenvalue weighted by atomic mass is 10.5. The van der Waals surface area contributed by atoms with Gasteiger partial charge in [0.25, 0.3) is 0 Å². The predicted octanol–water partition coefficient (Wildman–Crippen LogP) is 6.06. The number of hydrogen-bond acceptors (Lipinski definition) is 2. The van der Waals surface area contributed by atoms with Gasteiger partial charge in [-0.25, -0.2) is 0 Å². The van der Waals surface area contributed by atoms with Gasteiger partial charge in [0.15, 0.2) is 0 Å². The Balaban J connectivity index is -0.000000206. The summed E-state index contributed by atoms with van der Waals surface area (Å²) < 4.78 is 1.07. The van der Waals surface area contributed by atoms with E-state index in [1.165, 1.54) is 0 Å². The van der Waals surface area contributed by atoms with Crippen LogP contribution in [0.3, 0.4) is 0 Å².